The minimum absolute atomic E-state index is 0.0778. The van der Waals surface area contributed by atoms with Gasteiger partial charge in [0.1, 0.15) is 4.90 Å². The van der Waals surface area contributed by atoms with E-state index >= 15 is 0 Å². The van der Waals surface area contributed by atoms with E-state index in [0.29, 0.717) is 18.8 Å². The molecular weight excluding hydrogens is 304 g/mol. The molecule has 0 atom stereocenters. The topological polar surface area (TPSA) is 63.4 Å². The van der Waals surface area contributed by atoms with Crippen molar-refractivity contribution >= 4 is 39.1 Å². The summed E-state index contributed by atoms with van der Waals surface area (Å²) in [6, 6.07) is 4.50. The van der Waals surface area contributed by atoms with Crippen LogP contribution in [0.15, 0.2) is 23.1 Å². The molecule has 0 unspecified atom stereocenters. The summed E-state index contributed by atoms with van der Waals surface area (Å²) in [5, 5.41) is 0.177. The molecule has 0 aliphatic carbocycles. The lowest BCUT2D eigenvalue weighted by molar-refractivity contribution is 0.387. The molecule has 106 valence electrons. The minimum atomic E-state index is -3.55. The monoisotopic (exact) mass is 320 g/mol. The highest BCUT2D eigenvalue weighted by atomic mass is 35.5. The summed E-state index contributed by atoms with van der Waals surface area (Å²) in [4.78, 5) is 0.131. The van der Waals surface area contributed by atoms with Gasteiger partial charge in [-0.25, -0.2) is 8.42 Å². The van der Waals surface area contributed by atoms with Gasteiger partial charge in [0.05, 0.1) is 5.02 Å². The third-order valence-corrected chi connectivity index (χ3v) is 6.59. The van der Waals surface area contributed by atoms with Gasteiger partial charge < -0.3 is 5.73 Å². The smallest absolute Gasteiger partial charge is 0.244 e. The predicted octanol–water partition coefficient (Wildman–Crippen LogP) is 2.44. The number of nitrogens with zero attached hydrogens (tertiary/aromatic N) is 1. The van der Waals surface area contributed by atoms with Crippen LogP contribution in [0.5, 0.6) is 0 Å². The highest BCUT2D eigenvalue weighted by molar-refractivity contribution is 8.00. The molecule has 0 saturated carbocycles. The molecule has 1 aromatic rings. The fourth-order valence-electron chi connectivity index (χ4n) is 2.04. The summed E-state index contributed by atoms with van der Waals surface area (Å²) in [5.41, 5.74) is 6.05. The fourth-order valence-corrected chi connectivity index (χ4v) is 5.48. The lowest BCUT2D eigenvalue weighted by Gasteiger charge is -2.36. The van der Waals surface area contributed by atoms with E-state index in [-0.39, 0.29) is 14.7 Å². The van der Waals surface area contributed by atoms with Gasteiger partial charge in [0.2, 0.25) is 10.0 Å². The summed E-state index contributed by atoms with van der Waals surface area (Å²) >= 11 is 7.80. The molecule has 1 heterocycles. The van der Waals surface area contributed by atoms with Gasteiger partial charge in [-0.15, -0.1) is 0 Å². The predicted molar refractivity (Wildman–Crippen MR) is 81.2 cm³/mol. The summed E-state index contributed by atoms with van der Waals surface area (Å²) < 4.78 is 26.6. The van der Waals surface area contributed by atoms with Gasteiger partial charge in [-0.3, -0.25) is 0 Å². The first-order valence-corrected chi connectivity index (χ1v) is 8.72. The van der Waals surface area contributed by atoms with Crippen LogP contribution in [0, 0.1) is 0 Å². The zero-order valence-corrected chi connectivity index (χ0v) is 13.3. The van der Waals surface area contributed by atoms with E-state index in [1.165, 1.54) is 16.4 Å². The summed E-state index contributed by atoms with van der Waals surface area (Å²) in [6.45, 7) is 5.09. The van der Waals surface area contributed by atoms with Crippen molar-refractivity contribution in [3.63, 3.8) is 0 Å². The quantitative estimate of drug-likeness (QED) is 0.850. The number of nitrogens with two attached hydrogens (primary N) is 1. The summed E-state index contributed by atoms with van der Waals surface area (Å²) in [6.07, 6.45) is 0. The van der Waals surface area contributed by atoms with E-state index < -0.39 is 10.0 Å². The number of rotatable bonds is 2. The van der Waals surface area contributed by atoms with E-state index in [9.17, 15) is 8.42 Å². The molecule has 1 aromatic carbocycles. The van der Waals surface area contributed by atoms with Gasteiger partial charge in [-0.05, 0) is 32.0 Å². The highest BCUT2D eigenvalue weighted by Gasteiger charge is 2.35. The highest BCUT2D eigenvalue weighted by Crippen LogP contribution is 2.34. The maximum absolute atomic E-state index is 12.6. The number of nitrogen functional groups attached to an aromatic ring is 1. The Morgan fingerprint density at radius 1 is 1.42 bits per heavy atom. The number of anilines is 1. The number of benzene rings is 1. The Kier molecular flexibility index (Phi) is 4.07. The molecule has 1 fully saturated rings. The SMILES string of the molecule is CC1(C)CN(S(=O)(=O)c2ccc(N)cc2Cl)CCS1. The van der Waals surface area contributed by atoms with Crippen molar-refractivity contribution in [2.45, 2.75) is 23.5 Å². The van der Waals surface area contributed by atoms with Crippen molar-refractivity contribution in [2.75, 3.05) is 24.6 Å². The minimum Gasteiger partial charge on any atom is -0.399 e. The number of hydrogen-bond acceptors (Lipinski definition) is 4. The molecular formula is C12H17ClN2O2S2. The van der Waals surface area contributed by atoms with Crippen LogP contribution in [0.3, 0.4) is 0 Å². The Bertz CT molecular complexity index is 587. The Labute approximate surface area is 123 Å². The molecule has 19 heavy (non-hydrogen) atoms. The molecule has 1 aliphatic rings. The first kappa shape index (κ1) is 15.0. The molecule has 0 radical (unpaired) electrons. The Hall–Kier alpha value is -0.430. The number of halogens is 1. The first-order chi connectivity index (χ1) is 8.72. The van der Waals surface area contributed by atoms with Gasteiger partial charge in [0.15, 0.2) is 0 Å². The second-order valence-corrected chi connectivity index (χ2v) is 9.25. The summed E-state index contributed by atoms with van der Waals surface area (Å²) in [5.74, 6) is 0.790. The molecule has 7 heteroatoms. The lowest BCUT2D eigenvalue weighted by atomic mass is 10.2. The maximum atomic E-state index is 12.6. The van der Waals surface area contributed by atoms with Gasteiger partial charge in [-0.2, -0.15) is 16.1 Å². The second kappa shape index (κ2) is 5.16. The molecule has 0 amide bonds. The van der Waals surface area contributed by atoms with Crippen LogP contribution in [-0.2, 0) is 10.0 Å². The zero-order chi connectivity index (χ0) is 14.3. The number of hydrogen-bond donors (Lipinski definition) is 1. The van der Waals surface area contributed by atoms with Crippen molar-refractivity contribution in [1.82, 2.24) is 4.31 Å². The van der Waals surface area contributed by atoms with Crippen molar-refractivity contribution in [1.29, 1.82) is 0 Å². The molecule has 4 nitrogen and oxygen atoms in total. The van der Waals surface area contributed by atoms with E-state index in [0.717, 1.165) is 5.75 Å². The molecule has 2 rings (SSSR count). The average molecular weight is 321 g/mol. The fraction of sp³-hybridized carbons (Fsp3) is 0.500. The van der Waals surface area contributed by atoms with Gasteiger partial charge in [-0.1, -0.05) is 11.6 Å². The summed E-state index contributed by atoms with van der Waals surface area (Å²) in [7, 11) is -3.55. The van der Waals surface area contributed by atoms with E-state index in [4.69, 9.17) is 17.3 Å². The maximum Gasteiger partial charge on any atom is 0.244 e. The zero-order valence-electron chi connectivity index (χ0n) is 10.9. The number of thioether (sulfide) groups is 1. The van der Waals surface area contributed by atoms with Gasteiger partial charge in [0, 0.05) is 29.3 Å². The van der Waals surface area contributed by atoms with Crippen LogP contribution in [0.2, 0.25) is 5.02 Å². The van der Waals surface area contributed by atoms with E-state index in [2.05, 4.69) is 0 Å². The third kappa shape index (κ3) is 3.18. The van der Waals surface area contributed by atoms with Crippen LogP contribution in [0.1, 0.15) is 13.8 Å². The molecule has 2 N–H and O–H groups in total. The first-order valence-electron chi connectivity index (χ1n) is 5.91. The number of sulfonamides is 1. The van der Waals surface area contributed by atoms with Crippen molar-refractivity contribution < 1.29 is 8.42 Å². The normalized spacial score (nSPS) is 20.4. The van der Waals surface area contributed by atoms with Crippen LogP contribution in [0.4, 0.5) is 5.69 Å². The van der Waals surface area contributed by atoms with Crippen LogP contribution in [0.25, 0.3) is 0 Å². The van der Waals surface area contributed by atoms with Gasteiger partial charge >= 0.3 is 0 Å². The average Bonchev–Trinajstić information content (AvgIpc) is 2.27. The molecule has 1 aliphatic heterocycles. The largest absolute Gasteiger partial charge is 0.399 e. The molecule has 0 bridgehead atoms. The van der Waals surface area contributed by atoms with E-state index in [1.807, 2.05) is 13.8 Å². The molecule has 1 saturated heterocycles. The third-order valence-electron chi connectivity index (χ3n) is 2.96. The molecule has 0 aromatic heterocycles. The van der Waals surface area contributed by atoms with Crippen molar-refractivity contribution in [3.8, 4) is 0 Å². The Morgan fingerprint density at radius 2 is 2.11 bits per heavy atom. The second-order valence-electron chi connectivity index (χ2n) is 5.14. The van der Waals surface area contributed by atoms with Crippen LogP contribution < -0.4 is 5.73 Å². The molecule has 0 spiro atoms. The van der Waals surface area contributed by atoms with Crippen molar-refractivity contribution in [2.24, 2.45) is 0 Å². The van der Waals surface area contributed by atoms with Crippen LogP contribution in [-0.4, -0.2) is 36.3 Å². The lowest BCUT2D eigenvalue weighted by Crippen LogP contribution is -2.46. The van der Waals surface area contributed by atoms with Gasteiger partial charge in [0.25, 0.3) is 0 Å². The Balaban J connectivity index is 2.37. The van der Waals surface area contributed by atoms with Crippen molar-refractivity contribution in [3.05, 3.63) is 23.2 Å². The standard InChI is InChI=1S/C12H17ClN2O2S2/c1-12(2)8-15(5-6-18-12)19(16,17)11-4-3-9(14)7-10(11)13/h3-4,7H,5-6,8,14H2,1-2H3. The Morgan fingerprint density at radius 3 is 2.68 bits per heavy atom. The van der Waals surface area contributed by atoms with Crippen LogP contribution >= 0.6 is 23.4 Å². The van der Waals surface area contributed by atoms with E-state index in [1.54, 1.807) is 17.8 Å².